The third kappa shape index (κ3) is 4.24. The van der Waals surface area contributed by atoms with Gasteiger partial charge in [0.2, 0.25) is 0 Å². The van der Waals surface area contributed by atoms with Crippen LogP contribution in [0.15, 0.2) is 89.5 Å². The second kappa shape index (κ2) is 9.44. The standard InChI is InChI=1S/C26H18N8O2/c1-16-7-9-19(10-8-16)31-25(36)22-20-6-3-2-5-17(20)13-21(23(22)35)32-33-24-18(14-27)15-30-34(24)26-28-11-4-12-29-26/h2-13,15,35H,1H3,(H,31,36). The quantitative estimate of drug-likeness (QED) is 0.328. The van der Waals surface area contributed by atoms with Crippen LogP contribution in [-0.2, 0) is 0 Å². The monoisotopic (exact) mass is 474 g/mol. The van der Waals surface area contributed by atoms with Gasteiger partial charge in [-0.15, -0.1) is 10.2 Å². The summed E-state index contributed by atoms with van der Waals surface area (Å²) in [5.41, 5.74) is 1.90. The number of carbonyl (C=O) groups excluding carboxylic acids is 1. The van der Waals surface area contributed by atoms with E-state index >= 15 is 0 Å². The molecule has 0 aliphatic rings. The zero-order valence-electron chi connectivity index (χ0n) is 19.0. The van der Waals surface area contributed by atoms with Crippen LogP contribution >= 0.6 is 0 Å². The van der Waals surface area contributed by atoms with Crippen molar-refractivity contribution >= 4 is 33.9 Å². The van der Waals surface area contributed by atoms with Crippen molar-refractivity contribution in [2.24, 2.45) is 10.2 Å². The SMILES string of the molecule is Cc1ccc(NC(=O)c2c(O)c(N=Nc3c(C#N)cnn3-c3ncccn3)cc3ccccc23)cc1. The van der Waals surface area contributed by atoms with Crippen molar-refractivity contribution in [3.05, 3.63) is 95.9 Å². The molecule has 1 amide bonds. The number of aromatic hydroxyl groups is 1. The highest BCUT2D eigenvalue weighted by Crippen LogP contribution is 2.38. The van der Waals surface area contributed by atoms with Crippen molar-refractivity contribution in [3.8, 4) is 17.8 Å². The molecule has 0 fully saturated rings. The van der Waals surface area contributed by atoms with Gasteiger partial charge < -0.3 is 10.4 Å². The van der Waals surface area contributed by atoms with E-state index in [9.17, 15) is 15.2 Å². The van der Waals surface area contributed by atoms with Crippen molar-refractivity contribution in [2.45, 2.75) is 6.92 Å². The minimum Gasteiger partial charge on any atom is -0.505 e. The number of hydrogen-bond donors (Lipinski definition) is 2. The molecular weight excluding hydrogens is 456 g/mol. The minimum atomic E-state index is -0.495. The Morgan fingerprint density at radius 1 is 1.06 bits per heavy atom. The molecule has 0 saturated heterocycles. The van der Waals surface area contributed by atoms with Crippen LogP contribution in [0.2, 0.25) is 0 Å². The average molecular weight is 474 g/mol. The van der Waals surface area contributed by atoms with E-state index in [1.165, 1.54) is 23.3 Å². The van der Waals surface area contributed by atoms with E-state index in [1.807, 2.05) is 31.2 Å². The molecule has 5 aromatic rings. The van der Waals surface area contributed by atoms with Gasteiger partial charge in [0, 0.05) is 18.1 Å². The van der Waals surface area contributed by atoms with Gasteiger partial charge in [-0.3, -0.25) is 4.79 Å². The van der Waals surface area contributed by atoms with Crippen LogP contribution in [-0.4, -0.2) is 30.8 Å². The molecule has 0 aliphatic carbocycles. The summed E-state index contributed by atoms with van der Waals surface area (Å²) in [6, 6.07) is 19.7. The molecule has 2 aromatic heterocycles. The van der Waals surface area contributed by atoms with Crippen LogP contribution in [0.1, 0.15) is 21.5 Å². The number of carbonyl (C=O) groups is 1. The van der Waals surface area contributed by atoms with Gasteiger partial charge in [0.05, 0.1) is 11.8 Å². The first kappa shape index (κ1) is 22.4. The number of phenolic OH excluding ortho intramolecular Hbond substituents is 1. The lowest BCUT2D eigenvalue weighted by Crippen LogP contribution is -2.12. The lowest BCUT2D eigenvalue weighted by molar-refractivity contribution is 0.102. The Balaban J connectivity index is 1.59. The Morgan fingerprint density at radius 2 is 1.81 bits per heavy atom. The van der Waals surface area contributed by atoms with E-state index in [2.05, 4.69) is 30.6 Å². The maximum Gasteiger partial charge on any atom is 0.260 e. The van der Waals surface area contributed by atoms with Gasteiger partial charge in [-0.2, -0.15) is 15.0 Å². The highest BCUT2D eigenvalue weighted by atomic mass is 16.3. The maximum absolute atomic E-state index is 13.2. The largest absolute Gasteiger partial charge is 0.505 e. The van der Waals surface area contributed by atoms with Crippen LogP contribution < -0.4 is 5.32 Å². The second-order valence-corrected chi connectivity index (χ2v) is 7.81. The topological polar surface area (TPSA) is 141 Å². The average Bonchev–Trinajstić information content (AvgIpc) is 3.32. The normalized spacial score (nSPS) is 11.0. The molecule has 2 heterocycles. The van der Waals surface area contributed by atoms with Crippen molar-refractivity contribution in [1.29, 1.82) is 5.26 Å². The Labute approximate surface area is 205 Å². The first-order valence-electron chi connectivity index (χ1n) is 10.8. The molecule has 0 bridgehead atoms. The van der Waals surface area contributed by atoms with Crippen LogP contribution in [0.25, 0.3) is 16.7 Å². The van der Waals surface area contributed by atoms with Gasteiger partial charge in [-0.05, 0) is 42.0 Å². The molecular formula is C26H18N8O2. The Morgan fingerprint density at radius 3 is 2.56 bits per heavy atom. The molecule has 174 valence electrons. The predicted molar refractivity (Wildman–Crippen MR) is 133 cm³/mol. The van der Waals surface area contributed by atoms with Crippen molar-refractivity contribution in [1.82, 2.24) is 19.7 Å². The zero-order chi connectivity index (χ0) is 25.1. The summed E-state index contributed by atoms with van der Waals surface area (Å²) in [6.07, 6.45) is 4.39. The highest BCUT2D eigenvalue weighted by molar-refractivity contribution is 6.16. The first-order valence-corrected chi connectivity index (χ1v) is 10.8. The molecule has 0 unspecified atom stereocenters. The lowest BCUT2D eigenvalue weighted by atomic mass is 10.0. The molecule has 5 rings (SSSR count). The van der Waals surface area contributed by atoms with Crippen molar-refractivity contribution in [2.75, 3.05) is 5.32 Å². The first-order chi connectivity index (χ1) is 17.5. The van der Waals surface area contributed by atoms with E-state index in [4.69, 9.17) is 0 Å². The number of nitrogens with one attached hydrogen (secondary N) is 1. The number of nitriles is 1. The number of nitrogens with zero attached hydrogens (tertiary/aromatic N) is 7. The Bertz CT molecular complexity index is 1650. The zero-order valence-corrected chi connectivity index (χ0v) is 19.0. The number of aryl methyl sites for hydroxylation is 1. The highest BCUT2D eigenvalue weighted by Gasteiger charge is 2.20. The summed E-state index contributed by atoms with van der Waals surface area (Å²) in [4.78, 5) is 21.5. The smallest absolute Gasteiger partial charge is 0.260 e. The molecule has 0 radical (unpaired) electrons. The molecule has 2 N–H and O–H groups in total. The number of hydrogen-bond acceptors (Lipinski definition) is 8. The van der Waals surface area contributed by atoms with Gasteiger partial charge >= 0.3 is 0 Å². The van der Waals surface area contributed by atoms with Gasteiger partial charge in [-0.1, -0.05) is 42.0 Å². The Hall–Kier alpha value is -5.43. The number of phenols is 1. The molecule has 0 saturated carbocycles. The number of amides is 1. The fraction of sp³-hybridized carbons (Fsp3) is 0.0385. The second-order valence-electron chi connectivity index (χ2n) is 7.81. The number of benzene rings is 3. The molecule has 10 heteroatoms. The summed E-state index contributed by atoms with van der Waals surface area (Å²) in [6.45, 7) is 1.95. The van der Waals surface area contributed by atoms with E-state index in [0.717, 1.165) is 5.56 Å². The number of azo groups is 1. The van der Waals surface area contributed by atoms with Crippen LogP contribution in [0.3, 0.4) is 0 Å². The van der Waals surface area contributed by atoms with Crippen LogP contribution in [0.5, 0.6) is 5.75 Å². The summed E-state index contributed by atoms with van der Waals surface area (Å²) in [7, 11) is 0. The molecule has 3 aromatic carbocycles. The molecule has 10 nitrogen and oxygen atoms in total. The molecule has 36 heavy (non-hydrogen) atoms. The third-order valence-electron chi connectivity index (χ3n) is 5.40. The van der Waals surface area contributed by atoms with Crippen LogP contribution in [0, 0.1) is 18.3 Å². The van der Waals surface area contributed by atoms with Gasteiger partial charge in [-0.25, -0.2) is 9.97 Å². The van der Waals surface area contributed by atoms with E-state index in [-0.39, 0.29) is 34.3 Å². The molecule has 0 aliphatic heterocycles. The Kier molecular flexibility index (Phi) is 5.86. The summed E-state index contributed by atoms with van der Waals surface area (Å²) < 4.78 is 1.27. The molecule has 0 atom stereocenters. The van der Waals surface area contributed by atoms with Gasteiger partial charge in [0.15, 0.2) is 11.6 Å². The predicted octanol–water partition coefficient (Wildman–Crippen LogP) is 5.37. The number of fused-ring (bicyclic) bond motifs is 1. The molecule has 0 spiro atoms. The van der Waals surface area contributed by atoms with E-state index in [1.54, 1.807) is 42.5 Å². The van der Waals surface area contributed by atoms with Crippen molar-refractivity contribution in [3.63, 3.8) is 0 Å². The van der Waals surface area contributed by atoms with Gasteiger partial charge in [0.1, 0.15) is 17.3 Å². The third-order valence-corrected chi connectivity index (χ3v) is 5.40. The van der Waals surface area contributed by atoms with E-state index in [0.29, 0.717) is 16.5 Å². The van der Waals surface area contributed by atoms with Crippen LogP contribution in [0.4, 0.5) is 17.2 Å². The van der Waals surface area contributed by atoms with Gasteiger partial charge in [0.25, 0.3) is 11.9 Å². The summed E-state index contributed by atoms with van der Waals surface area (Å²) in [5, 5.41) is 37.1. The fourth-order valence-corrected chi connectivity index (χ4v) is 3.62. The number of rotatable bonds is 5. The van der Waals surface area contributed by atoms with Crippen molar-refractivity contribution < 1.29 is 9.90 Å². The summed E-state index contributed by atoms with van der Waals surface area (Å²) >= 11 is 0. The van der Waals surface area contributed by atoms with E-state index < -0.39 is 5.91 Å². The lowest BCUT2D eigenvalue weighted by Gasteiger charge is -2.12. The summed E-state index contributed by atoms with van der Waals surface area (Å²) in [5.74, 6) is -0.552. The fourth-order valence-electron chi connectivity index (χ4n) is 3.62. The minimum absolute atomic E-state index is 0.0494. The maximum atomic E-state index is 13.2. The number of anilines is 1. The number of aromatic nitrogens is 4.